The second kappa shape index (κ2) is 6.87. The number of carbonyl (C=O) groups excluding carboxylic acids is 2. The molecule has 6 heteroatoms. The van der Waals surface area contributed by atoms with Gasteiger partial charge >= 0.3 is 0 Å². The monoisotopic (exact) mass is 363 g/mol. The Morgan fingerprint density at radius 3 is 2.89 bits per heavy atom. The van der Waals surface area contributed by atoms with Crippen molar-refractivity contribution < 1.29 is 14.0 Å². The van der Waals surface area contributed by atoms with Crippen LogP contribution in [0.3, 0.4) is 0 Å². The van der Waals surface area contributed by atoms with E-state index in [4.69, 9.17) is 4.42 Å². The Bertz CT molecular complexity index is 1010. The Morgan fingerprint density at radius 1 is 1.30 bits per heavy atom. The van der Waals surface area contributed by atoms with Crippen LogP contribution >= 0.6 is 0 Å². The van der Waals surface area contributed by atoms with Gasteiger partial charge < -0.3 is 14.6 Å². The number of aromatic nitrogens is 1. The quantitative estimate of drug-likeness (QED) is 0.776. The highest BCUT2D eigenvalue weighted by molar-refractivity contribution is 5.96. The molecule has 0 saturated heterocycles. The second-order valence-corrected chi connectivity index (χ2v) is 6.86. The van der Waals surface area contributed by atoms with Crippen molar-refractivity contribution in [3.05, 3.63) is 64.7 Å². The van der Waals surface area contributed by atoms with Crippen LogP contribution in [-0.4, -0.2) is 28.2 Å². The molecule has 4 rings (SSSR count). The lowest BCUT2D eigenvalue weighted by Gasteiger charge is -2.30. The first-order chi connectivity index (χ1) is 13.0. The number of hydrogen-bond acceptors (Lipinski definition) is 4. The Balaban J connectivity index is 1.58. The van der Waals surface area contributed by atoms with Crippen molar-refractivity contribution in [3.63, 3.8) is 0 Å². The average Bonchev–Trinajstić information content (AvgIpc) is 3.10. The van der Waals surface area contributed by atoms with Crippen LogP contribution in [0.25, 0.3) is 11.0 Å². The van der Waals surface area contributed by atoms with E-state index in [2.05, 4.69) is 10.3 Å². The summed E-state index contributed by atoms with van der Waals surface area (Å²) in [6.07, 6.45) is 2.57. The predicted molar refractivity (Wildman–Crippen MR) is 101 cm³/mol. The molecule has 1 aliphatic heterocycles. The van der Waals surface area contributed by atoms with Gasteiger partial charge in [-0.2, -0.15) is 0 Å². The molecule has 6 nitrogen and oxygen atoms in total. The van der Waals surface area contributed by atoms with Gasteiger partial charge in [-0.1, -0.05) is 18.2 Å². The fourth-order valence-corrected chi connectivity index (χ4v) is 3.59. The molecule has 138 valence electrons. The van der Waals surface area contributed by atoms with Crippen molar-refractivity contribution in [3.8, 4) is 0 Å². The molecule has 0 aliphatic carbocycles. The molecule has 0 atom stereocenters. The number of fused-ring (bicyclic) bond motifs is 2. The standard InChI is InChI=1S/C21H21N3O3/c1-13-18(11-23-14(2)25)17-7-8-24(12-16(17)10-22-13)21(26)20-9-15-5-3-4-6-19(15)27-20/h3-6,9-10H,7-8,11-12H2,1-2H3,(H,23,25). The van der Waals surface area contributed by atoms with E-state index >= 15 is 0 Å². The lowest BCUT2D eigenvalue weighted by atomic mass is 9.94. The summed E-state index contributed by atoms with van der Waals surface area (Å²) in [7, 11) is 0. The second-order valence-electron chi connectivity index (χ2n) is 6.86. The maximum absolute atomic E-state index is 12.9. The Labute approximate surface area is 157 Å². The highest BCUT2D eigenvalue weighted by atomic mass is 16.3. The van der Waals surface area contributed by atoms with Gasteiger partial charge in [0.2, 0.25) is 5.91 Å². The fourth-order valence-electron chi connectivity index (χ4n) is 3.59. The maximum atomic E-state index is 12.9. The molecule has 1 aromatic carbocycles. The van der Waals surface area contributed by atoms with Crippen molar-refractivity contribution in [2.75, 3.05) is 6.54 Å². The zero-order chi connectivity index (χ0) is 19.0. The van der Waals surface area contributed by atoms with Crippen LogP contribution in [0.1, 0.15) is 39.9 Å². The van der Waals surface area contributed by atoms with E-state index in [0.29, 0.717) is 31.0 Å². The molecule has 0 unspecified atom stereocenters. The third-order valence-corrected chi connectivity index (χ3v) is 5.03. The zero-order valence-electron chi connectivity index (χ0n) is 15.4. The number of para-hydroxylation sites is 1. The minimum Gasteiger partial charge on any atom is -0.451 e. The summed E-state index contributed by atoms with van der Waals surface area (Å²) in [4.78, 5) is 30.4. The lowest BCUT2D eigenvalue weighted by molar-refractivity contribution is -0.119. The number of nitrogens with zero attached hydrogens (tertiary/aromatic N) is 2. The van der Waals surface area contributed by atoms with Crippen molar-refractivity contribution in [2.24, 2.45) is 0 Å². The molecule has 3 heterocycles. The van der Waals surface area contributed by atoms with Gasteiger partial charge in [0.25, 0.3) is 5.91 Å². The number of amides is 2. The predicted octanol–water partition coefficient (Wildman–Crippen LogP) is 2.97. The van der Waals surface area contributed by atoms with Gasteiger partial charge in [0.15, 0.2) is 5.76 Å². The van der Waals surface area contributed by atoms with Crippen molar-refractivity contribution in [1.29, 1.82) is 0 Å². The number of aryl methyl sites for hydroxylation is 1. The van der Waals surface area contributed by atoms with Gasteiger partial charge in [-0.3, -0.25) is 14.6 Å². The van der Waals surface area contributed by atoms with E-state index < -0.39 is 0 Å². The van der Waals surface area contributed by atoms with E-state index in [1.165, 1.54) is 12.5 Å². The number of nitrogens with one attached hydrogen (secondary N) is 1. The largest absolute Gasteiger partial charge is 0.451 e. The van der Waals surface area contributed by atoms with Gasteiger partial charge in [-0.25, -0.2) is 0 Å². The van der Waals surface area contributed by atoms with Crippen LogP contribution in [0, 0.1) is 6.92 Å². The van der Waals surface area contributed by atoms with Crippen molar-refractivity contribution in [1.82, 2.24) is 15.2 Å². The van der Waals surface area contributed by atoms with E-state index in [0.717, 1.165) is 28.6 Å². The zero-order valence-corrected chi connectivity index (χ0v) is 15.4. The molecule has 0 radical (unpaired) electrons. The normalized spacial score (nSPS) is 13.5. The molecular weight excluding hydrogens is 342 g/mol. The SMILES string of the molecule is CC(=O)NCc1c(C)ncc2c1CCN(C(=O)c1cc3ccccc3o1)C2. The summed E-state index contributed by atoms with van der Waals surface area (Å²) < 4.78 is 5.72. The Hall–Kier alpha value is -3.15. The van der Waals surface area contributed by atoms with Crippen molar-refractivity contribution >= 4 is 22.8 Å². The first-order valence-corrected chi connectivity index (χ1v) is 9.01. The molecule has 0 spiro atoms. The molecule has 27 heavy (non-hydrogen) atoms. The number of pyridine rings is 1. The van der Waals surface area contributed by atoms with Crippen molar-refractivity contribution in [2.45, 2.75) is 33.4 Å². The summed E-state index contributed by atoms with van der Waals surface area (Å²) in [6, 6.07) is 9.40. The molecule has 3 aromatic rings. The van der Waals surface area contributed by atoms with E-state index in [9.17, 15) is 9.59 Å². The average molecular weight is 363 g/mol. The molecule has 0 fully saturated rings. The number of hydrogen-bond donors (Lipinski definition) is 1. The van der Waals surface area contributed by atoms with Gasteiger partial charge in [0.05, 0.1) is 0 Å². The third kappa shape index (κ3) is 3.30. The molecule has 2 amide bonds. The number of furan rings is 1. The van der Waals surface area contributed by atoms with Gasteiger partial charge in [-0.15, -0.1) is 0 Å². The summed E-state index contributed by atoms with van der Waals surface area (Å²) in [5.74, 6) is 0.184. The summed E-state index contributed by atoms with van der Waals surface area (Å²) in [5.41, 5.74) is 4.90. The summed E-state index contributed by atoms with van der Waals surface area (Å²) in [6.45, 7) is 5.02. The van der Waals surface area contributed by atoms with Crippen LogP contribution in [-0.2, 0) is 24.3 Å². The lowest BCUT2D eigenvalue weighted by Crippen LogP contribution is -2.37. The van der Waals surface area contributed by atoms with Crippen LogP contribution in [0.15, 0.2) is 40.9 Å². The fraction of sp³-hybridized carbons (Fsp3) is 0.286. The molecule has 1 N–H and O–H groups in total. The van der Waals surface area contributed by atoms with Crippen LogP contribution in [0.5, 0.6) is 0 Å². The van der Waals surface area contributed by atoms with E-state index in [1.54, 1.807) is 11.0 Å². The summed E-state index contributed by atoms with van der Waals surface area (Å²) >= 11 is 0. The smallest absolute Gasteiger partial charge is 0.289 e. The highest BCUT2D eigenvalue weighted by Crippen LogP contribution is 2.26. The van der Waals surface area contributed by atoms with Crippen LogP contribution in [0.2, 0.25) is 0 Å². The number of rotatable bonds is 3. The third-order valence-electron chi connectivity index (χ3n) is 5.03. The Kier molecular flexibility index (Phi) is 4.39. The van der Waals surface area contributed by atoms with Gasteiger partial charge in [-0.05, 0) is 42.2 Å². The van der Waals surface area contributed by atoms with E-state index in [-0.39, 0.29) is 11.8 Å². The number of carbonyl (C=O) groups is 2. The first kappa shape index (κ1) is 17.3. The first-order valence-electron chi connectivity index (χ1n) is 9.01. The topological polar surface area (TPSA) is 75.4 Å². The van der Waals surface area contributed by atoms with Gasteiger partial charge in [0.1, 0.15) is 5.58 Å². The summed E-state index contributed by atoms with van der Waals surface area (Å²) in [5, 5.41) is 3.78. The molecule has 0 saturated carbocycles. The maximum Gasteiger partial charge on any atom is 0.289 e. The highest BCUT2D eigenvalue weighted by Gasteiger charge is 2.26. The molecular formula is C21H21N3O3. The van der Waals surface area contributed by atoms with Gasteiger partial charge in [0, 0.05) is 43.8 Å². The van der Waals surface area contributed by atoms with Crippen LogP contribution in [0.4, 0.5) is 0 Å². The minimum atomic E-state index is -0.110. The number of benzene rings is 1. The van der Waals surface area contributed by atoms with Crippen LogP contribution < -0.4 is 5.32 Å². The van der Waals surface area contributed by atoms with E-state index in [1.807, 2.05) is 37.4 Å². The molecule has 0 bridgehead atoms. The Morgan fingerprint density at radius 2 is 2.11 bits per heavy atom. The molecule has 2 aromatic heterocycles. The molecule has 1 aliphatic rings. The minimum absolute atomic E-state index is 0.0653.